The molecular weight excluding hydrogens is 288 g/mol. The molecular formula is C15H22N2O3S. The normalized spacial score (nSPS) is 11.7. The fourth-order valence-electron chi connectivity index (χ4n) is 1.86. The van der Waals surface area contributed by atoms with Crippen LogP contribution in [0.4, 0.5) is 4.79 Å². The van der Waals surface area contributed by atoms with Gasteiger partial charge in [-0.25, -0.2) is 9.59 Å². The Morgan fingerprint density at radius 3 is 2.52 bits per heavy atom. The van der Waals surface area contributed by atoms with E-state index in [0.717, 1.165) is 5.56 Å². The number of carbonyl (C=O) groups excluding carboxylic acids is 1. The number of urea groups is 1. The van der Waals surface area contributed by atoms with Gasteiger partial charge in [0, 0.05) is 13.1 Å². The zero-order valence-electron chi connectivity index (χ0n) is 12.4. The van der Waals surface area contributed by atoms with Gasteiger partial charge in [-0.2, -0.15) is 11.8 Å². The summed E-state index contributed by atoms with van der Waals surface area (Å²) in [7, 11) is 0. The van der Waals surface area contributed by atoms with Crippen molar-refractivity contribution in [1.29, 1.82) is 0 Å². The summed E-state index contributed by atoms with van der Waals surface area (Å²) >= 11 is 1.56. The predicted molar refractivity (Wildman–Crippen MR) is 85.5 cm³/mol. The molecule has 1 aromatic carbocycles. The molecule has 2 amide bonds. The van der Waals surface area contributed by atoms with Crippen molar-refractivity contribution in [1.82, 2.24) is 10.2 Å². The Morgan fingerprint density at radius 1 is 1.33 bits per heavy atom. The predicted octanol–water partition coefficient (Wildman–Crippen LogP) is 2.42. The first kappa shape index (κ1) is 17.4. The van der Waals surface area contributed by atoms with E-state index in [2.05, 4.69) is 5.32 Å². The van der Waals surface area contributed by atoms with Crippen LogP contribution in [0.3, 0.4) is 0 Å². The number of nitrogens with zero attached hydrogens (tertiary/aromatic N) is 1. The summed E-state index contributed by atoms with van der Waals surface area (Å²) in [6, 6.07) is 8.46. The SMILES string of the molecule is CCN(Cc1ccccc1)C(=O)N[C@@H](CCSC)C(=O)O. The van der Waals surface area contributed by atoms with Crippen LogP contribution in [-0.2, 0) is 11.3 Å². The average Bonchev–Trinajstić information content (AvgIpc) is 2.49. The van der Waals surface area contributed by atoms with Crippen LogP contribution in [0.15, 0.2) is 30.3 Å². The number of rotatable bonds is 8. The minimum Gasteiger partial charge on any atom is -0.480 e. The summed E-state index contributed by atoms with van der Waals surface area (Å²) in [4.78, 5) is 25.0. The van der Waals surface area contributed by atoms with E-state index in [-0.39, 0.29) is 6.03 Å². The molecule has 1 aromatic rings. The second-order valence-electron chi connectivity index (χ2n) is 4.62. The molecule has 5 nitrogen and oxygen atoms in total. The Hall–Kier alpha value is -1.69. The van der Waals surface area contributed by atoms with Gasteiger partial charge in [0.25, 0.3) is 0 Å². The lowest BCUT2D eigenvalue weighted by Gasteiger charge is -2.24. The summed E-state index contributed by atoms with van der Waals surface area (Å²) in [6.45, 7) is 2.87. The number of carboxylic acid groups (broad SMARTS) is 1. The maximum absolute atomic E-state index is 12.2. The van der Waals surface area contributed by atoms with Gasteiger partial charge in [-0.15, -0.1) is 0 Å². The molecule has 0 bridgehead atoms. The van der Waals surface area contributed by atoms with Gasteiger partial charge in [0.1, 0.15) is 6.04 Å². The number of hydrogen-bond donors (Lipinski definition) is 2. The molecule has 0 fully saturated rings. The van der Waals surface area contributed by atoms with E-state index < -0.39 is 12.0 Å². The first-order chi connectivity index (χ1) is 10.1. The van der Waals surface area contributed by atoms with E-state index in [1.54, 1.807) is 16.7 Å². The second kappa shape index (κ2) is 9.28. The van der Waals surface area contributed by atoms with Gasteiger partial charge in [-0.3, -0.25) is 0 Å². The highest BCUT2D eigenvalue weighted by molar-refractivity contribution is 7.98. The lowest BCUT2D eigenvalue weighted by molar-refractivity contribution is -0.139. The fourth-order valence-corrected chi connectivity index (χ4v) is 2.34. The molecule has 0 radical (unpaired) electrons. The largest absolute Gasteiger partial charge is 0.480 e. The molecule has 0 spiro atoms. The van der Waals surface area contributed by atoms with Crippen molar-refractivity contribution in [2.75, 3.05) is 18.6 Å². The number of amides is 2. The van der Waals surface area contributed by atoms with Gasteiger partial charge >= 0.3 is 12.0 Å². The van der Waals surface area contributed by atoms with Crippen LogP contribution < -0.4 is 5.32 Å². The fraction of sp³-hybridized carbons (Fsp3) is 0.467. The van der Waals surface area contributed by atoms with Gasteiger partial charge in [-0.1, -0.05) is 30.3 Å². The molecule has 1 rings (SSSR count). The summed E-state index contributed by atoms with van der Waals surface area (Å²) in [6.07, 6.45) is 2.33. The van der Waals surface area contributed by atoms with Crippen LogP contribution in [0.2, 0.25) is 0 Å². The standard InChI is InChI=1S/C15H22N2O3S/c1-3-17(11-12-7-5-4-6-8-12)15(20)16-13(14(18)19)9-10-21-2/h4-8,13H,3,9-11H2,1-2H3,(H,16,20)(H,18,19)/t13-/m0/s1. The van der Waals surface area contributed by atoms with Crippen LogP contribution in [0.1, 0.15) is 18.9 Å². The highest BCUT2D eigenvalue weighted by Gasteiger charge is 2.22. The lowest BCUT2D eigenvalue weighted by Crippen LogP contribution is -2.47. The van der Waals surface area contributed by atoms with Gasteiger partial charge in [0.15, 0.2) is 0 Å². The maximum Gasteiger partial charge on any atom is 0.326 e. The highest BCUT2D eigenvalue weighted by Crippen LogP contribution is 2.06. The molecule has 0 aliphatic heterocycles. The third-order valence-electron chi connectivity index (χ3n) is 3.09. The minimum atomic E-state index is -0.992. The number of benzene rings is 1. The van der Waals surface area contributed by atoms with Crippen molar-refractivity contribution < 1.29 is 14.7 Å². The van der Waals surface area contributed by atoms with E-state index in [1.165, 1.54) is 0 Å². The van der Waals surface area contributed by atoms with Crippen LogP contribution in [0.25, 0.3) is 0 Å². The Morgan fingerprint density at radius 2 is 2.00 bits per heavy atom. The van der Waals surface area contributed by atoms with Crippen LogP contribution in [0, 0.1) is 0 Å². The molecule has 0 unspecified atom stereocenters. The molecule has 116 valence electrons. The van der Waals surface area contributed by atoms with E-state index in [4.69, 9.17) is 5.11 Å². The number of carbonyl (C=O) groups is 2. The third-order valence-corrected chi connectivity index (χ3v) is 3.74. The molecule has 6 heteroatoms. The lowest BCUT2D eigenvalue weighted by atomic mass is 10.2. The van der Waals surface area contributed by atoms with Gasteiger partial charge in [0.2, 0.25) is 0 Å². The average molecular weight is 310 g/mol. The summed E-state index contributed by atoms with van der Waals surface area (Å²) in [5, 5.41) is 11.7. The molecule has 1 atom stereocenters. The van der Waals surface area contributed by atoms with Crippen molar-refractivity contribution in [2.45, 2.75) is 25.9 Å². The molecule has 2 N–H and O–H groups in total. The Labute approximate surface area is 129 Å². The number of thioether (sulfide) groups is 1. The first-order valence-corrected chi connectivity index (χ1v) is 8.29. The summed E-state index contributed by atoms with van der Waals surface area (Å²) in [5.74, 6) is -0.296. The van der Waals surface area contributed by atoms with Crippen LogP contribution in [-0.4, -0.2) is 46.6 Å². The Bertz CT molecular complexity index is 453. The minimum absolute atomic E-state index is 0.338. The molecule has 21 heavy (non-hydrogen) atoms. The van der Waals surface area contributed by atoms with Gasteiger partial charge in [-0.05, 0) is 30.9 Å². The van der Waals surface area contributed by atoms with E-state index in [9.17, 15) is 9.59 Å². The Kier molecular flexibility index (Phi) is 7.68. The van der Waals surface area contributed by atoms with Crippen molar-refractivity contribution in [3.63, 3.8) is 0 Å². The molecule has 0 saturated heterocycles. The van der Waals surface area contributed by atoms with E-state index >= 15 is 0 Å². The quantitative estimate of drug-likeness (QED) is 0.773. The van der Waals surface area contributed by atoms with Crippen LogP contribution in [0.5, 0.6) is 0 Å². The van der Waals surface area contributed by atoms with Crippen LogP contribution >= 0.6 is 11.8 Å². The molecule has 0 aliphatic carbocycles. The van der Waals surface area contributed by atoms with E-state index in [1.807, 2.05) is 43.5 Å². The third kappa shape index (κ3) is 6.08. The van der Waals surface area contributed by atoms with Gasteiger partial charge in [0.05, 0.1) is 0 Å². The van der Waals surface area contributed by atoms with Crippen molar-refractivity contribution >= 4 is 23.8 Å². The molecule has 0 aliphatic rings. The Balaban J connectivity index is 2.62. The smallest absolute Gasteiger partial charge is 0.326 e. The van der Waals surface area contributed by atoms with Crippen molar-refractivity contribution in [2.24, 2.45) is 0 Å². The van der Waals surface area contributed by atoms with Crippen molar-refractivity contribution in [3.05, 3.63) is 35.9 Å². The highest BCUT2D eigenvalue weighted by atomic mass is 32.2. The molecule has 0 heterocycles. The number of nitrogens with one attached hydrogen (secondary N) is 1. The van der Waals surface area contributed by atoms with Crippen molar-refractivity contribution in [3.8, 4) is 0 Å². The number of carboxylic acids is 1. The zero-order valence-corrected chi connectivity index (χ0v) is 13.2. The summed E-state index contributed by atoms with van der Waals surface area (Å²) in [5.41, 5.74) is 1.02. The summed E-state index contributed by atoms with van der Waals surface area (Å²) < 4.78 is 0. The number of aliphatic carboxylic acids is 1. The monoisotopic (exact) mass is 310 g/mol. The zero-order chi connectivity index (χ0) is 15.7. The van der Waals surface area contributed by atoms with E-state index in [0.29, 0.717) is 25.3 Å². The van der Waals surface area contributed by atoms with Gasteiger partial charge < -0.3 is 15.3 Å². The first-order valence-electron chi connectivity index (χ1n) is 6.89. The molecule has 0 aromatic heterocycles. The number of hydrogen-bond acceptors (Lipinski definition) is 3. The molecule has 0 saturated carbocycles. The topological polar surface area (TPSA) is 69.6 Å². The maximum atomic E-state index is 12.2. The second-order valence-corrected chi connectivity index (χ2v) is 5.61.